The van der Waals surface area contributed by atoms with E-state index in [-0.39, 0.29) is 11.9 Å². The number of aliphatic hydroxyl groups excluding tert-OH is 1. The van der Waals surface area contributed by atoms with Crippen molar-refractivity contribution in [3.63, 3.8) is 0 Å². The lowest BCUT2D eigenvalue weighted by Crippen LogP contribution is -2.39. The Morgan fingerprint density at radius 1 is 0.964 bits per heavy atom. The largest absolute Gasteiger partial charge is 0.489 e. The fourth-order valence-electron chi connectivity index (χ4n) is 2.99. The van der Waals surface area contributed by atoms with E-state index in [4.69, 9.17) is 4.74 Å². The lowest BCUT2D eigenvalue weighted by molar-refractivity contribution is 0.0486. The van der Waals surface area contributed by atoms with Gasteiger partial charge < -0.3 is 14.7 Å². The van der Waals surface area contributed by atoms with Gasteiger partial charge in [0.1, 0.15) is 12.4 Å². The maximum absolute atomic E-state index is 12.9. The van der Waals surface area contributed by atoms with Gasteiger partial charge in [-0.25, -0.2) is 0 Å². The molecule has 0 aliphatic heterocycles. The summed E-state index contributed by atoms with van der Waals surface area (Å²) in [4.78, 5) is 14.5. The van der Waals surface area contributed by atoms with Gasteiger partial charge in [0.25, 0.3) is 5.91 Å². The summed E-state index contributed by atoms with van der Waals surface area (Å²) in [5.74, 6) is 0.479. The molecule has 4 heteroatoms. The van der Waals surface area contributed by atoms with E-state index in [9.17, 15) is 9.90 Å². The minimum Gasteiger partial charge on any atom is -0.489 e. The second-order valence-corrected chi connectivity index (χ2v) is 6.81. The molecular formula is C24H25NO3. The second kappa shape index (κ2) is 9.20. The van der Waals surface area contributed by atoms with Crippen molar-refractivity contribution in [1.29, 1.82) is 0 Å². The number of ether oxygens (including phenoxy) is 1. The highest BCUT2D eigenvalue weighted by Crippen LogP contribution is 2.22. The third kappa shape index (κ3) is 4.78. The standard InChI is InChI=1S/C24H25NO3/c1-18(23(26)20-12-7-4-8-13-20)25(2)24(27)21-14-9-15-22(16-21)28-17-19-10-5-3-6-11-19/h3-16,18,23,26H,17H2,1-2H3. The molecule has 0 radical (unpaired) electrons. The maximum atomic E-state index is 12.9. The topological polar surface area (TPSA) is 49.8 Å². The molecule has 0 fully saturated rings. The van der Waals surface area contributed by atoms with Crippen LogP contribution in [0.25, 0.3) is 0 Å². The molecule has 2 unspecified atom stereocenters. The van der Waals surface area contributed by atoms with Crippen molar-refractivity contribution < 1.29 is 14.6 Å². The Morgan fingerprint density at radius 2 is 1.61 bits per heavy atom. The third-order valence-electron chi connectivity index (χ3n) is 4.86. The van der Waals surface area contributed by atoms with E-state index in [0.29, 0.717) is 17.9 Å². The molecule has 0 aliphatic carbocycles. The van der Waals surface area contributed by atoms with Crippen molar-refractivity contribution in [2.75, 3.05) is 7.05 Å². The van der Waals surface area contributed by atoms with Gasteiger partial charge in [0.05, 0.1) is 12.1 Å². The smallest absolute Gasteiger partial charge is 0.254 e. The van der Waals surface area contributed by atoms with E-state index in [1.54, 1.807) is 30.1 Å². The summed E-state index contributed by atoms with van der Waals surface area (Å²) < 4.78 is 5.82. The summed E-state index contributed by atoms with van der Waals surface area (Å²) in [5.41, 5.74) is 2.38. The molecule has 28 heavy (non-hydrogen) atoms. The molecule has 0 saturated carbocycles. The number of amides is 1. The van der Waals surface area contributed by atoms with Crippen LogP contribution in [0, 0.1) is 0 Å². The first kappa shape index (κ1) is 19.6. The first-order chi connectivity index (χ1) is 13.6. The van der Waals surface area contributed by atoms with Crippen LogP contribution in [0.2, 0.25) is 0 Å². The molecule has 144 valence electrons. The van der Waals surface area contributed by atoms with E-state index >= 15 is 0 Å². The van der Waals surface area contributed by atoms with Crippen molar-refractivity contribution >= 4 is 5.91 Å². The molecule has 3 rings (SSSR count). The van der Waals surface area contributed by atoms with Crippen LogP contribution in [0.1, 0.15) is 34.5 Å². The molecule has 0 bridgehead atoms. The highest BCUT2D eigenvalue weighted by atomic mass is 16.5. The SMILES string of the molecule is CC(C(O)c1ccccc1)N(C)C(=O)c1cccc(OCc2ccccc2)c1. The van der Waals surface area contributed by atoms with Crippen molar-refractivity contribution in [3.05, 3.63) is 102 Å². The van der Waals surface area contributed by atoms with Crippen LogP contribution in [0.5, 0.6) is 5.75 Å². The van der Waals surface area contributed by atoms with Crippen LogP contribution in [0.15, 0.2) is 84.9 Å². The van der Waals surface area contributed by atoms with Gasteiger partial charge >= 0.3 is 0 Å². The quantitative estimate of drug-likeness (QED) is 0.663. The molecule has 0 aliphatic rings. The highest BCUT2D eigenvalue weighted by Gasteiger charge is 2.25. The predicted octanol–water partition coefficient (Wildman–Crippen LogP) is 4.46. The zero-order valence-electron chi connectivity index (χ0n) is 16.2. The summed E-state index contributed by atoms with van der Waals surface area (Å²) in [6.45, 7) is 2.28. The van der Waals surface area contributed by atoms with Crippen molar-refractivity contribution in [3.8, 4) is 5.75 Å². The lowest BCUT2D eigenvalue weighted by atomic mass is 10.0. The predicted molar refractivity (Wildman–Crippen MR) is 110 cm³/mol. The molecule has 0 aromatic heterocycles. The van der Waals surface area contributed by atoms with Crippen LogP contribution >= 0.6 is 0 Å². The fraction of sp³-hybridized carbons (Fsp3) is 0.208. The number of nitrogens with zero attached hydrogens (tertiary/aromatic N) is 1. The maximum Gasteiger partial charge on any atom is 0.254 e. The molecule has 0 spiro atoms. The molecule has 0 saturated heterocycles. The number of carbonyl (C=O) groups excluding carboxylic acids is 1. The summed E-state index contributed by atoms with van der Waals surface area (Å²) in [6.07, 6.45) is -0.757. The molecule has 2 atom stereocenters. The zero-order chi connectivity index (χ0) is 19.9. The van der Waals surface area contributed by atoms with Crippen LogP contribution in [-0.4, -0.2) is 29.0 Å². The average Bonchev–Trinajstić information content (AvgIpc) is 2.77. The van der Waals surface area contributed by atoms with Gasteiger partial charge in [-0.15, -0.1) is 0 Å². The van der Waals surface area contributed by atoms with E-state index < -0.39 is 6.10 Å². The number of benzene rings is 3. The van der Waals surface area contributed by atoms with Gasteiger partial charge in [-0.2, -0.15) is 0 Å². The minimum atomic E-state index is -0.757. The Balaban J connectivity index is 1.67. The number of hydrogen-bond donors (Lipinski definition) is 1. The summed E-state index contributed by atoms with van der Waals surface area (Å²) in [7, 11) is 1.71. The fourth-order valence-corrected chi connectivity index (χ4v) is 2.99. The molecule has 3 aromatic carbocycles. The molecular weight excluding hydrogens is 350 g/mol. The number of likely N-dealkylation sites (N-methyl/N-ethyl adjacent to an activating group) is 1. The van der Waals surface area contributed by atoms with Crippen LogP contribution in [0.4, 0.5) is 0 Å². The van der Waals surface area contributed by atoms with Crippen LogP contribution < -0.4 is 4.74 Å². The summed E-state index contributed by atoms with van der Waals surface area (Å²) in [5, 5.41) is 10.6. The first-order valence-electron chi connectivity index (χ1n) is 9.33. The monoisotopic (exact) mass is 375 g/mol. The lowest BCUT2D eigenvalue weighted by Gasteiger charge is -2.29. The van der Waals surface area contributed by atoms with E-state index in [0.717, 1.165) is 11.1 Å². The van der Waals surface area contributed by atoms with Gasteiger partial charge in [0.2, 0.25) is 0 Å². The van der Waals surface area contributed by atoms with Crippen LogP contribution in [0.3, 0.4) is 0 Å². The normalized spacial score (nSPS) is 12.8. The highest BCUT2D eigenvalue weighted by molar-refractivity contribution is 5.94. The minimum absolute atomic E-state index is 0.160. The Labute approximate surface area is 166 Å². The summed E-state index contributed by atoms with van der Waals surface area (Å²) in [6, 6.07) is 26.0. The van der Waals surface area contributed by atoms with Crippen molar-refractivity contribution in [2.45, 2.75) is 25.7 Å². The Morgan fingerprint density at radius 3 is 2.29 bits per heavy atom. The molecule has 0 heterocycles. The number of aliphatic hydroxyl groups is 1. The molecule has 3 aromatic rings. The van der Waals surface area contributed by atoms with E-state index in [1.165, 1.54) is 0 Å². The first-order valence-corrected chi connectivity index (χ1v) is 9.33. The van der Waals surface area contributed by atoms with Gasteiger partial charge in [-0.05, 0) is 36.2 Å². The number of carbonyl (C=O) groups is 1. The van der Waals surface area contributed by atoms with Gasteiger partial charge in [-0.3, -0.25) is 4.79 Å². The third-order valence-corrected chi connectivity index (χ3v) is 4.86. The Kier molecular flexibility index (Phi) is 6.45. The van der Waals surface area contributed by atoms with Gasteiger partial charge in [0, 0.05) is 12.6 Å². The van der Waals surface area contributed by atoms with Crippen molar-refractivity contribution in [2.24, 2.45) is 0 Å². The van der Waals surface area contributed by atoms with Gasteiger partial charge in [0.15, 0.2) is 0 Å². The molecule has 1 amide bonds. The van der Waals surface area contributed by atoms with Crippen molar-refractivity contribution in [1.82, 2.24) is 4.90 Å². The molecule has 4 nitrogen and oxygen atoms in total. The van der Waals surface area contributed by atoms with Gasteiger partial charge in [-0.1, -0.05) is 66.7 Å². The second-order valence-electron chi connectivity index (χ2n) is 6.81. The number of rotatable bonds is 7. The summed E-state index contributed by atoms with van der Waals surface area (Å²) >= 11 is 0. The zero-order valence-corrected chi connectivity index (χ0v) is 16.2. The average molecular weight is 375 g/mol. The number of hydrogen-bond acceptors (Lipinski definition) is 3. The van der Waals surface area contributed by atoms with E-state index in [1.807, 2.05) is 73.7 Å². The Hall–Kier alpha value is -3.11. The Bertz CT molecular complexity index is 896. The molecule has 1 N–H and O–H groups in total. The van der Waals surface area contributed by atoms with Crippen LogP contribution in [-0.2, 0) is 6.61 Å². The van der Waals surface area contributed by atoms with E-state index in [2.05, 4.69) is 0 Å².